The quantitative estimate of drug-likeness (QED) is 0.0331. The lowest BCUT2D eigenvalue weighted by Crippen LogP contribution is -2.60. The molecule has 14 atom stereocenters. The summed E-state index contributed by atoms with van der Waals surface area (Å²) >= 11 is 0.814. The number of hydrogen-bond acceptors (Lipinski definition) is 24. The van der Waals surface area contributed by atoms with Crippen LogP contribution in [0.25, 0.3) is 21.8 Å². The number of H-pyrrole nitrogens is 3. The summed E-state index contributed by atoms with van der Waals surface area (Å²) in [6.45, 7) is 4.38. The van der Waals surface area contributed by atoms with Crippen LogP contribution < -0.4 is 54.0 Å². The smallest absolute Gasteiger partial charge is 0.303 e. The van der Waals surface area contributed by atoms with Crippen molar-refractivity contribution in [3.05, 3.63) is 120 Å². The van der Waals surface area contributed by atoms with Crippen molar-refractivity contribution in [3.63, 3.8) is 0 Å². The molecule has 0 radical (unpaired) electrons. The SMILES string of the molecule is CCCC[C@H]1C(=O)N[C@@H](CC(C)C)C(=O)N[C@H](C(=O)NCC(C)=O)CSCC(=O)N[C@@H](Cc2ccc(O)cc2)C(=O)N(C)[C@@H](C)C(=O)C[C@@H](CC(N)=O)C(=O)N2CCC[C@H]2C(=O)N[C@@H](Cc2cnc[nH]2)C(=O)C[C@@H](CCC(=O)O)C(=O)N2C[C@H](O)C[C@H]2C(=O)N[C@@H](Cc2c[nH]c3ccccc23)C(=O)N[C@@H](CCN)C(=O)N[C@@H](Cc2c[nH]c3ccccc23)C(=O)N(CCO)CC(=O)N1C. The Morgan fingerprint density at radius 3 is 1.85 bits per heavy atom. The number of fused-ring (bicyclic) bond motifs is 4. The summed E-state index contributed by atoms with van der Waals surface area (Å²) in [7, 11) is 2.56. The molecule has 3 fully saturated rings. The molecule has 0 aliphatic carbocycles. The number of thioether (sulfide) groups is 1. The van der Waals surface area contributed by atoms with Crippen molar-refractivity contribution in [3.8, 4) is 5.75 Å². The van der Waals surface area contributed by atoms with Crippen molar-refractivity contribution < 1.29 is 107 Å². The number of aromatic amines is 3. The number of nitrogens with two attached hydrogens (primary N) is 2. The van der Waals surface area contributed by atoms with Gasteiger partial charge >= 0.3 is 5.97 Å². The van der Waals surface area contributed by atoms with Crippen LogP contribution in [-0.2, 0) is 112 Å². The van der Waals surface area contributed by atoms with Crippen LogP contribution in [0.1, 0.15) is 140 Å². The van der Waals surface area contributed by atoms with Gasteiger partial charge in [-0.3, -0.25) is 86.3 Å². The molecule has 19 N–H and O–H groups in total. The van der Waals surface area contributed by atoms with Crippen molar-refractivity contribution in [2.75, 3.05) is 71.5 Å². The molecule has 0 spiro atoms. The maximum atomic E-state index is 15.5. The van der Waals surface area contributed by atoms with E-state index in [1.54, 1.807) is 74.8 Å². The van der Waals surface area contributed by atoms with Gasteiger partial charge in [-0.15, -0.1) is 11.8 Å². The second-order valence-electron chi connectivity index (χ2n) is 34.6. The average molecular weight is 1870 g/mol. The number of primary amides is 1. The summed E-state index contributed by atoms with van der Waals surface area (Å²) in [5.41, 5.74) is 14.9. The largest absolute Gasteiger partial charge is 0.508 e. The highest BCUT2D eigenvalue weighted by Crippen LogP contribution is 2.30. The molecular formula is C91H123N19O22S. The topological polar surface area (TPSA) is 613 Å². The molecule has 3 aliphatic rings. The van der Waals surface area contributed by atoms with E-state index >= 15 is 28.8 Å². The molecule has 133 heavy (non-hydrogen) atoms. The number of carbonyl (C=O) groups is 18. The van der Waals surface area contributed by atoms with Crippen LogP contribution in [0.3, 0.4) is 0 Å². The van der Waals surface area contributed by atoms with E-state index in [1.807, 2.05) is 6.92 Å². The number of aliphatic carboxylic acids is 1. The number of benzene rings is 3. The minimum absolute atomic E-state index is 0.00201. The fourth-order valence-corrected chi connectivity index (χ4v) is 17.6. The number of carboxylic acids is 1. The van der Waals surface area contributed by atoms with Crippen molar-refractivity contribution in [2.24, 2.45) is 29.2 Å². The first-order valence-electron chi connectivity index (χ1n) is 44.7. The Hall–Kier alpha value is -13.0. The molecule has 3 aliphatic heterocycles. The number of aromatic hydroxyl groups is 1. The van der Waals surface area contributed by atoms with Crippen molar-refractivity contribution >= 4 is 140 Å². The minimum Gasteiger partial charge on any atom is -0.508 e. The third-order valence-corrected chi connectivity index (χ3v) is 25.1. The van der Waals surface area contributed by atoms with Gasteiger partial charge in [-0.1, -0.05) is 82.1 Å². The van der Waals surface area contributed by atoms with Gasteiger partial charge in [0.2, 0.25) is 82.7 Å². The number of β-amino-alcohol motifs (C(OH)–C–C–N with tert-alkyl or cyclic N) is 1. The predicted molar refractivity (Wildman–Crippen MR) is 486 cm³/mol. The summed E-state index contributed by atoms with van der Waals surface area (Å²) in [4.78, 5) is 280. The molecule has 3 aromatic heterocycles. The van der Waals surface area contributed by atoms with Crippen LogP contribution in [0.2, 0.25) is 0 Å². The first-order valence-corrected chi connectivity index (χ1v) is 45.8. The number of rotatable bonds is 25. The number of nitrogens with zero attached hydrogens (tertiary/aromatic N) is 6. The second kappa shape index (κ2) is 49.5. The van der Waals surface area contributed by atoms with Gasteiger partial charge in [0.25, 0.3) is 0 Å². The van der Waals surface area contributed by atoms with E-state index in [0.717, 1.165) is 36.3 Å². The van der Waals surface area contributed by atoms with Gasteiger partial charge in [0.05, 0.1) is 55.9 Å². The van der Waals surface area contributed by atoms with E-state index in [4.69, 9.17) is 11.5 Å². The molecule has 41 nitrogen and oxygen atoms in total. The standard InChI is InChI=1S/C91H123N19O22S/c1-8-9-19-72-85(126)102-67(32-50(2)3)83(124)105-71(81(122)97-41-51(4)112)47-133-48-78(118)99-69(33-53-21-24-59(113)25-22-53)90(131)106(6)52(5)75(115)37-55(38-77(93)117)89(130)109-29-14-20-73(109)86(127)101-66(39-58-44-94-49-98-58)76(116)36-54(23-26-80(120)121)88(129)110-45-60(114)40-74(110)87(128)103-68(34-56-42-95-63-17-12-10-15-61(56)63)84(125)100-65(27-28-92)82(123)104-70(35-57-43-96-64-18-13-11-16-62(57)64)91(132)108(30-31-111)46-79(119)107(72)7/h10-13,15-18,21-22,24-25,42-44,49-50,52,54-55,60,65-74,95-96,111,113-114H,8-9,14,19-20,23,26-41,45-48,92H2,1-7H3,(H2,93,117)(H,94,98)(H,97,122)(H,99,118)(H,100,125)(H,101,127)(H,102,126)(H,103,128)(H,104,123)(H,105,124)(H,120,121)/t52-,54+,55-,60+,65-,66-,67-,68-,69-,70-,71-,72-,73-,74-/m0/s1. The van der Waals surface area contributed by atoms with Crippen LogP contribution in [0.4, 0.5) is 0 Å². The van der Waals surface area contributed by atoms with Crippen molar-refractivity contribution in [1.82, 2.24) is 87.0 Å². The highest BCUT2D eigenvalue weighted by Gasteiger charge is 2.46. The molecule has 3 saturated heterocycles. The third kappa shape index (κ3) is 29.3. The molecule has 6 aromatic rings. The number of ketones is 3. The van der Waals surface area contributed by atoms with Gasteiger partial charge in [0.1, 0.15) is 65.9 Å². The maximum absolute atomic E-state index is 15.5. The van der Waals surface area contributed by atoms with Crippen LogP contribution in [0.5, 0.6) is 5.75 Å². The fraction of sp³-hybridized carbons (Fsp3) is 0.527. The third-order valence-electron chi connectivity index (χ3n) is 24.1. The van der Waals surface area contributed by atoms with Crippen LogP contribution >= 0.6 is 11.8 Å². The minimum atomic E-state index is -1.65. The first-order chi connectivity index (χ1) is 63.4. The van der Waals surface area contributed by atoms with Crippen LogP contribution in [0.15, 0.2) is 97.7 Å². The van der Waals surface area contributed by atoms with E-state index in [9.17, 15) is 78.0 Å². The van der Waals surface area contributed by atoms with Gasteiger partial charge in [-0.2, -0.15) is 0 Å². The normalized spacial score (nSPS) is 24.5. The number of phenols is 1. The van der Waals surface area contributed by atoms with E-state index in [0.29, 0.717) is 51.3 Å². The number of likely N-dealkylation sites (N-methyl/N-ethyl adjacent to an activating group) is 2. The molecule has 9 rings (SSSR count). The zero-order valence-corrected chi connectivity index (χ0v) is 76.5. The number of unbranched alkanes of at least 4 members (excludes halogenated alkanes) is 1. The number of Topliss-reactive ketones (excluding diaryl/α,β-unsaturated/α-hetero) is 3. The van der Waals surface area contributed by atoms with Gasteiger partial charge in [0, 0.05) is 149 Å². The summed E-state index contributed by atoms with van der Waals surface area (Å²) < 4.78 is 0. The first kappa shape index (κ1) is 104. The summed E-state index contributed by atoms with van der Waals surface area (Å²) in [6.07, 6.45) is -0.103. The molecule has 0 saturated carbocycles. The Morgan fingerprint density at radius 1 is 0.639 bits per heavy atom. The molecule has 42 heteroatoms. The van der Waals surface area contributed by atoms with Gasteiger partial charge in [0.15, 0.2) is 11.6 Å². The highest BCUT2D eigenvalue weighted by atomic mass is 32.2. The molecular weight excluding hydrogens is 1740 g/mol. The van der Waals surface area contributed by atoms with E-state index in [-0.39, 0.29) is 94.0 Å². The Morgan fingerprint density at radius 2 is 1.23 bits per heavy atom. The molecule has 0 unspecified atom stereocenters. The van der Waals surface area contributed by atoms with Gasteiger partial charge in [-0.05, 0) is 106 Å². The Balaban J connectivity index is 1.09. The number of phenolic OH excluding ortho intramolecular Hbond substituents is 1. The number of aliphatic hydroxyl groups is 2. The number of nitrogens with one attached hydrogen (secondary N) is 11. The van der Waals surface area contributed by atoms with E-state index < -0.39 is 267 Å². The zero-order chi connectivity index (χ0) is 97.0. The Labute approximate surface area is 772 Å². The molecule has 6 heterocycles. The van der Waals surface area contributed by atoms with Gasteiger partial charge < -0.3 is 114 Å². The zero-order valence-electron chi connectivity index (χ0n) is 75.7. The van der Waals surface area contributed by atoms with Crippen molar-refractivity contribution in [2.45, 2.75) is 216 Å². The summed E-state index contributed by atoms with van der Waals surface area (Å²) in [5.74, 6) is -20.8. The van der Waals surface area contributed by atoms with E-state index in [2.05, 4.69) is 62.5 Å². The number of aliphatic hydroxyl groups excluding tert-OH is 2. The Bertz CT molecular complexity index is 5160. The molecule has 14 amide bonds. The number of hydrogen-bond donors (Lipinski definition) is 17. The molecule has 720 valence electrons. The number of carbonyl (C=O) groups excluding carboxylic acids is 17. The lowest BCUT2D eigenvalue weighted by molar-refractivity contribution is -0.146. The summed E-state index contributed by atoms with van der Waals surface area (Å²) in [5, 5.41) is 65.2. The fourth-order valence-electron chi connectivity index (χ4n) is 16.7. The monoisotopic (exact) mass is 1870 g/mol. The lowest BCUT2D eigenvalue weighted by atomic mass is 9.91. The number of carboxylic acid groups (broad SMARTS) is 1. The molecule has 0 bridgehead atoms. The number of aromatic nitrogens is 4. The van der Waals surface area contributed by atoms with Crippen molar-refractivity contribution in [1.29, 1.82) is 0 Å². The van der Waals surface area contributed by atoms with Gasteiger partial charge in [-0.25, -0.2) is 4.98 Å². The number of amides is 14. The molecule has 3 aromatic carbocycles. The average Bonchev–Trinajstić information content (AvgIpc) is 1.66. The second-order valence-corrected chi connectivity index (χ2v) is 35.6. The number of imidazole rings is 1. The highest BCUT2D eigenvalue weighted by molar-refractivity contribution is 8.00. The summed E-state index contributed by atoms with van der Waals surface area (Å²) in [6, 6.07) is 2.97. The Kier molecular flexibility index (Phi) is 38.6. The number of para-hydroxylation sites is 2. The van der Waals surface area contributed by atoms with Crippen LogP contribution in [0, 0.1) is 17.8 Å². The predicted octanol–water partition coefficient (Wildman–Crippen LogP) is -0.882. The lowest BCUT2D eigenvalue weighted by Gasteiger charge is -2.33. The maximum Gasteiger partial charge on any atom is 0.303 e. The van der Waals surface area contributed by atoms with E-state index in [1.165, 1.54) is 64.7 Å². The van der Waals surface area contributed by atoms with Crippen LogP contribution in [-0.4, -0.2) is 315 Å².